The van der Waals surface area contributed by atoms with Gasteiger partial charge in [0, 0.05) is 12.2 Å². The van der Waals surface area contributed by atoms with Gasteiger partial charge in [-0.1, -0.05) is 59.5 Å². The lowest BCUT2D eigenvalue weighted by Gasteiger charge is -2.14. The normalized spacial score (nSPS) is 12.5. The molecule has 1 unspecified atom stereocenters. The summed E-state index contributed by atoms with van der Waals surface area (Å²) in [5, 5.41) is 3.41. The number of hydrogen-bond acceptors (Lipinski definition) is 1. The molecule has 0 radical (unpaired) electrons. The van der Waals surface area contributed by atoms with E-state index in [4.69, 9.17) is 0 Å². The molecule has 0 aromatic rings. The van der Waals surface area contributed by atoms with E-state index in [2.05, 4.69) is 32.7 Å². The van der Waals surface area contributed by atoms with E-state index in [0.717, 1.165) is 18.9 Å². The Balaban J connectivity index is 3.40. The van der Waals surface area contributed by atoms with Gasteiger partial charge >= 0.3 is 0 Å². The van der Waals surface area contributed by atoms with Gasteiger partial charge in [-0.15, -0.1) is 0 Å². The van der Waals surface area contributed by atoms with Crippen molar-refractivity contribution < 1.29 is 0 Å². The minimum absolute atomic E-state index is 0.790. The van der Waals surface area contributed by atoms with Crippen LogP contribution in [0.4, 0.5) is 0 Å². The lowest BCUT2D eigenvalue weighted by Crippen LogP contribution is -2.15. The summed E-state index contributed by atoms with van der Waals surface area (Å²) in [4.78, 5) is 0. The van der Waals surface area contributed by atoms with Crippen molar-refractivity contribution in [3.63, 3.8) is 0 Å². The number of unbranched alkanes of at least 4 members (excludes halogenated alkanes) is 3. The maximum atomic E-state index is 4.08. The Kier molecular flexibility index (Phi) is 9.76. The van der Waals surface area contributed by atoms with E-state index in [1.165, 1.54) is 44.2 Å². The van der Waals surface area contributed by atoms with Gasteiger partial charge in [0.05, 0.1) is 0 Å². The maximum Gasteiger partial charge on any atom is 0.0143 e. The van der Waals surface area contributed by atoms with Crippen LogP contribution >= 0.6 is 0 Å². The van der Waals surface area contributed by atoms with E-state index in [0.29, 0.717) is 0 Å². The van der Waals surface area contributed by atoms with Gasteiger partial charge in [-0.05, 0) is 18.8 Å². The summed E-state index contributed by atoms with van der Waals surface area (Å²) in [6.07, 6.45) is 9.08. The summed E-state index contributed by atoms with van der Waals surface area (Å²) in [6.45, 7) is 12.0. The van der Waals surface area contributed by atoms with Crippen LogP contribution in [0.5, 0.6) is 0 Å². The Morgan fingerprint density at radius 3 is 2.40 bits per heavy atom. The molecule has 0 amide bonds. The van der Waals surface area contributed by atoms with Gasteiger partial charge < -0.3 is 5.32 Å². The molecule has 0 fully saturated rings. The second-order valence-corrected chi connectivity index (χ2v) is 4.69. The van der Waals surface area contributed by atoms with Crippen LogP contribution in [0, 0.1) is 5.92 Å². The highest BCUT2D eigenvalue weighted by atomic mass is 14.9. The Bertz CT molecular complexity index is 151. The molecule has 90 valence electrons. The van der Waals surface area contributed by atoms with Gasteiger partial charge in [-0.2, -0.15) is 0 Å². The summed E-state index contributed by atoms with van der Waals surface area (Å²) in [7, 11) is 0. The summed E-state index contributed by atoms with van der Waals surface area (Å²) < 4.78 is 0. The van der Waals surface area contributed by atoms with Crippen LogP contribution in [-0.4, -0.2) is 6.54 Å². The second-order valence-electron chi connectivity index (χ2n) is 4.69. The molecule has 0 aromatic heterocycles. The number of nitrogens with one attached hydrogen (secondary N) is 1. The number of rotatable bonds is 10. The fourth-order valence-electron chi connectivity index (χ4n) is 1.78. The summed E-state index contributed by atoms with van der Waals surface area (Å²) in [6, 6.07) is 0. The zero-order valence-corrected chi connectivity index (χ0v) is 10.9. The molecule has 0 rings (SSSR count). The molecule has 0 aliphatic rings. The molecule has 1 heteroatoms. The van der Waals surface area contributed by atoms with Crippen molar-refractivity contribution in [1.29, 1.82) is 0 Å². The zero-order chi connectivity index (χ0) is 11.5. The van der Waals surface area contributed by atoms with Gasteiger partial charge in [-0.3, -0.25) is 0 Å². The zero-order valence-electron chi connectivity index (χ0n) is 10.9. The molecule has 0 spiro atoms. The van der Waals surface area contributed by atoms with E-state index in [1.54, 1.807) is 0 Å². The third kappa shape index (κ3) is 9.84. The van der Waals surface area contributed by atoms with Gasteiger partial charge in [0.25, 0.3) is 0 Å². The van der Waals surface area contributed by atoms with E-state index < -0.39 is 0 Å². The van der Waals surface area contributed by atoms with Gasteiger partial charge in [0.1, 0.15) is 0 Å². The average Bonchev–Trinajstić information content (AvgIpc) is 2.18. The van der Waals surface area contributed by atoms with Crippen LogP contribution in [0.1, 0.15) is 65.7 Å². The Morgan fingerprint density at radius 2 is 1.80 bits per heavy atom. The first kappa shape index (κ1) is 14.5. The molecule has 1 N–H and O–H groups in total. The average molecular weight is 211 g/mol. The van der Waals surface area contributed by atoms with Crippen LogP contribution < -0.4 is 5.32 Å². The van der Waals surface area contributed by atoms with Crippen molar-refractivity contribution in [3.05, 3.63) is 12.3 Å². The number of allylic oxidation sites excluding steroid dienone is 1. The third-order valence-electron chi connectivity index (χ3n) is 2.80. The predicted octanol–water partition coefficient (Wildman–Crippen LogP) is 4.50. The molecule has 0 aromatic carbocycles. The van der Waals surface area contributed by atoms with Crippen LogP contribution in [0.25, 0.3) is 0 Å². The fourth-order valence-corrected chi connectivity index (χ4v) is 1.78. The van der Waals surface area contributed by atoms with Crippen molar-refractivity contribution in [2.75, 3.05) is 6.54 Å². The summed E-state index contributed by atoms with van der Waals surface area (Å²) in [5.74, 6) is 0.790. The monoisotopic (exact) mass is 211 g/mol. The first-order chi connectivity index (χ1) is 7.20. The highest BCUT2D eigenvalue weighted by molar-refractivity contribution is 4.92. The molecule has 1 nitrogen and oxygen atoms in total. The Labute approximate surface area is 96.3 Å². The first-order valence-corrected chi connectivity index (χ1v) is 6.62. The summed E-state index contributed by atoms with van der Waals surface area (Å²) in [5.41, 5.74) is 1.23. The van der Waals surface area contributed by atoms with Crippen molar-refractivity contribution in [2.24, 2.45) is 5.92 Å². The van der Waals surface area contributed by atoms with E-state index in [1.807, 2.05) is 0 Å². The topological polar surface area (TPSA) is 12.0 Å². The predicted molar refractivity (Wildman–Crippen MR) is 70.0 cm³/mol. The van der Waals surface area contributed by atoms with Crippen LogP contribution in [-0.2, 0) is 0 Å². The highest BCUT2D eigenvalue weighted by Crippen LogP contribution is 2.15. The number of hydrogen-bond donors (Lipinski definition) is 1. The molecular formula is C14H29N. The molecule has 0 heterocycles. The fraction of sp³-hybridized carbons (Fsp3) is 0.857. The SMILES string of the molecule is C=C(CC(C)CCCCC)NCCCC. The largest absolute Gasteiger partial charge is 0.389 e. The van der Waals surface area contributed by atoms with E-state index >= 15 is 0 Å². The van der Waals surface area contributed by atoms with Gasteiger partial charge in [-0.25, -0.2) is 0 Å². The lowest BCUT2D eigenvalue weighted by atomic mass is 9.98. The molecular weight excluding hydrogens is 182 g/mol. The van der Waals surface area contributed by atoms with Crippen molar-refractivity contribution in [1.82, 2.24) is 5.32 Å². The second kappa shape index (κ2) is 10.1. The molecule has 1 atom stereocenters. The van der Waals surface area contributed by atoms with E-state index in [-0.39, 0.29) is 0 Å². The molecule has 0 aliphatic heterocycles. The first-order valence-electron chi connectivity index (χ1n) is 6.62. The minimum Gasteiger partial charge on any atom is -0.389 e. The van der Waals surface area contributed by atoms with Gasteiger partial charge in [0.15, 0.2) is 0 Å². The Morgan fingerprint density at radius 1 is 1.13 bits per heavy atom. The molecule has 0 bridgehead atoms. The van der Waals surface area contributed by atoms with Crippen LogP contribution in [0.2, 0.25) is 0 Å². The molecule has 0 aliphatic carbocycles. The Hall–Kier alpha value is -0.460. The minimum atomic E-state index is 0.790. The summed E-state index contributed by atoms with van der Waals surface area (Å²) >= 11 is 0. The van der Waals surface area contributed by atoms with Crippen molar-refractivity contribution >= 4 is 0 Å². The standard InChI is InChI=1S/C14H29N/c1-5-7-9-10-13(3)12-14(4)15-11-8-6-2/h13,15H,4-12H2,1-3H3. The van der Waals surface area contributed by atoms with Crippen LogP contribution in [0.3, 0.4) is 0 Å². The van der Waals surface area contributed by atoms with Gasteiger partial charge in [0.2, 0.25) is 0 Å². The molecule has 15 heavy (non-hydrogen) atoms. The third-order valence-corrected chi connectivity index (χ3v) is 2.80. The maximum absolute atomic E-state index is 4.08. The van der Waals surface area contributed by atoms with Crippen molar-refractivity contribution in [2.45, 2.75) is 65.7 Å². The quantitative estimate of drug-likeness (QED) is 0.525. The molecule has 0 saturated carbocycles. The lowest BCUT2D eigenvalue weighted by molar-refractivity contribution is 0.479. The smallest absolute Gasteiger partial charge is 0.0143 e. The van der Waals surface area contributed by atoms with Crippen molar-refractivity contribution in [3.8, 4) is 0 Å². The highest BCUT2D eigenvalue weighted by Gasteiger charge is 2.03. The van der Waals surface area contributed by atoms with Crippen LogP contribution in [0.15, 0.2) is 12.3 Å². The molecule has 0 saturated heterocycles. The van der Waals surface area contributed by atoms with E-state index in [9.17, 15) is 0 Å².